The summed E-state index contributed by atoms with van der Waals surface area (Å²) in [6.07, 6.45) is 0. The lowest BCUT2D eigenvalue weighted by molar-refractivity contribution is 0.216. The molecule has 1 rings (SSSR count). The lowest BCUT2D eigenvalue weighted by Gasteiger charge is -2.22. The van der Waals surface area contributed by atoms with Gasteiger partial charge in [0, 0.05) is 12.6 Å². The van der Waals surface area contributed by atoms with E-state index in [2.05, 4.69) is 0 Å². The summed E-state index contributed by atoms with van der Waals surface area (Å²) >= 11 is 0. The largest absolute Gasteiger partial charge is 0.496 e. The summed E-state index contributed by atoms with van der Waals surface area (Å²) in [5.41, 5.74) is 1.34. The van der Waals surface area contributed by atoms with Crippen LogP contribution in [0.1, 0.15) is 5.56 Å². The van der Waals surface area contributed by atoms with E-state index in [1.165, 1.54) is 7.05 Å². The maximum absolute atomic E-state index is 11.6. The van der Waals surface area contributed by atoms with Crippen molar-refractivity contribution in [3.63, 3.8) is 0 Å². The van der Waals surface area contributed by atoms with Crippen LogP contribution in [0.5, 0.6) is 5.75 Å². The predicted octanol–water partition coefficient (Wildman–Crippen LogP) is 0.609. The van der Waals surface area contributed by atoms with E-state index in [1.54, 1.807) is 25.3 Å². The first-order chi connectivity index (χ1) is 7.49. The Morgan fingerprint density at radius 3 is 2.50 bits per heavy atom. The van der Waals surface area contributed by atoms with Crippen LogP contribution in [0.3, 0.4) is 0 Å². The van der Waals surface area contributed by atoms with Crippen LogP contribution >= 0.6 is 0 Å². The zero-order valence-corrected chi connectivity index (χ0v) is 9.60. The fraction of sp³-hybridized carbons (Fsp3) is 0.300. The molecule has 0 saturated heterocycles. The minimum atomic E-state index is -0.503. The molecule has 2 amide bonds. The van der Waals surface area contributed by atoms with Crippen LogP contribution in [0.25, 0.3) is 0 Å². The highest BCUT2D eigenvalue weighted by Crippen LogP contribution is 2.26. The quantitative estimate of drug-likeness (QED) is 0.438. The molecule has 0 radical (unpaired) electrons. The van der Waals surface area contributed by atoms with Crippen molar-refractivity contribution in [2.45, 2.75) is 6.92 Å². The average molecular weight is 224 g/mol. The zero-order chi connectivity index (χ0) is 12.3. The second-order valence-corrected chi connectivity index (χ2v) is 3.37. The van der Waals surface area contributed by atoms with Gasteiger partial charge in [-0.1, -0.05) is 6.07 Å². The number of hydrazine groups is 2. The Kier molecular flexibility index (Phi) is 3.70. The lowest BCUT2D eigenvalue weighted by atomic mass is 10.2. The molecule has 1 aromatic rings. The summed E-state index contributed by atoms with van der Waals surface area (Å²) < 4.78 is 5.14. The number of hydrogen-bond donors (Lipinski definition) is 2. The number of hydrogen-bond acceptors (Lipinski definition) is 4. The van der Waals surface area contributed by atoms with Crippen LogP contribution < -0.4 is 21.4 Å². The number of anilines is 1. The Balaban J connectivity index is 3.09. The van der Waals surface area contributed by atoms with Crippen molar-refractivity contribution in [3.05, 3.63) is 23.8 Å². The summed E-state index contributed by atoms with van der Waals surface area (Å²) in [6, 6.07) is 4.77. The van der Waals surface area contributed by atoms with Crippen molar-refractivity contribution in [1.82, 2.24) is 5.01 Å². The first kappa shape index (κ1) is 12.3. The maximum Gasteiger partial charge on any atom is 0.352 e. The van der Waals surface area contributed by atoms with Gasteiger partial charge in [0.05, 0.1) is 12.8 Å². The number of amides is 2. The van der Waals surface area contributed by atoms with Gasteiger partial charge >= 0.3 is 6.03 Å². The van der Waals surface area contributed by atoms with E-state index in [1.807, 2.05) is 6.92 Å². The first-order valence-electron chi connectivity index (χ1n) is 4.69. The Bertz CT molecular complexity index is 392. The Labute approximate surface area is 94.3 Å². The van der Waals surface area contributed by atoms with Crippen molar-refractivity contribution in [3.8, 4) is 5.75 Å². The van der Waals surface area contributed by atoms with Gasteiger partial charge in [0.25, 0.3) is 0 Å². The number of urea groups is 1. The van der Waals surface area contributed by atoms with Gasteiger partial charge in [-0.25, -0.2) is 21.5 Å². The number of nitrogens with two attached hydrogens (primary N) is 2. The number of rotatable bonds is 2. The topological polar surface area (TPSA) is 84.8 Å². The SMILES string of the molecule is COc1cccc(N(N)C(=O)N(C)N)c1C. The van der Waals surface area contributed by atoms with Gasteiger partial charge in [0.15, 0.2) is 0 Å². The van der Waals surface area contributed by atoms with Crippen LogP contribution in [-0.2, 0) is 0 Å². The second kappa shape index (κ2) is 4.82. The van der Waals surface area contributed by atoms with Gasteiger partial charge in [0.2, 0.25) is 0 Å². The molecule has 0 spiro atoms. The van der Waals surface area contributed by atoms with Gasteiger partial charge in [-0.2, -0.15) is 0 Å². The summed E-state index contributed by atoms with van der Waals surface area (Å²) in [6.45, 7) is 1.82. The number of carbonyl (C=O) groups is 1. The summed E-state index contributed by atoms with van der Waals surface area (Å²) in [5, 5.41) is 1.90. The third-order valence-corrected chi connectivity index (χ3v) is 2.24. The van der Waals surface area contributed by atoms with Crippen LogP contribution in [0.4, 0.5) is 10.5 Å². The summed E-state index contributed by atoms with van der Waals surface area (Å²) in [5.74, 6) is 11.7. The lowest BCUT2D eigenvalue weighted by Crippen LogP contribution is -2.48. The van der Waals surface area contributed by atoms with Crippen LogP contribution in [0, 0.1) is 6.92 Å². The minimum Gasteiger partial charge on any atom is -0.496 e. The van der Waals surface area contributed by atoms with Crippen LogP contribution in [0.2, 0.25) is 0 Å². The molecule has 0 aliphatic carbocycles. The number of ether oxygens (including phenoxy) is 1. The van der Waals surface area contributed by atoms with E-state index < -0.39 is 6.03 Å². The molecule has 6 heteroatoms. The minimum absolute atomic E-state index is 0.503. The molecule has 88 valence electrons. The fourth-order valence-electron chi connectivity index (χ4n) is 1.36. The molecule has 0 saturated carbocycles. The van der Waals surface area contributed by atoms with E-state index in [-0.39, 0.29) is 0 Å². The Morgan fingerprint density at radius 1 is 1.38 bits per heavy atom. The highest BCUT2D eigenvalue weighted by molar-refractivity contribution is 5.91. The molecule has 16 heavy (non-hydrogen) atoms. The molecule has 6 nitrogen and oxygen atoms in total. The Morgan fingerprint density at radius 2 is 2.00 bits per heavy atom. The molecule has 0 aliphatic rings. The van der Waals surface area contributed by atoms with Crippen LogP contribution in [-0.4, -0.2) is 25.2 Å². The van der Waals surface area contributed by atoms with E-state index in [9.17, 15) is 4.79 Å². The highest BCUT2D eigenvalue weighted by Gasteiger charge is 2.17. The maximum atomic E-state index is 11.6. The smallest absolute Gasteiger partial charge is 0.352 e. The highest BCUT2D eigenvalue weighted by atomic mass is 16.5. The van der Waals surface area contributed by atoms with E-state index in [0.717, 1.165) is 15.6 Å². The van der Waals surface area contributed by atoms with Crippen molar-refractivity contribution in [2.24, 2.45) is 11.7 Å². The van der Waals surface area contributed by atoms with Crippen molar-refractivity contribution < 1.29 is 9.53 Å². The fourth-order valence-corrected chi connectivity index (χ4v) is 1.36. The molecule has 0 aliphatic heterocycles. The molecule has 0 unspecified atom stereocenters. The number of carbonyl (C=O) groups excluding carboxylic acids is 1. The molecule has 0 atom stereocenters. The van der Waals surface area contributed by atoms with E-state index >= 15 is 0 Å². The summed E-state index contributed by atoms with van der Waals surface area (Å²) in [7, 11) is 2.99. The molecule has 1 aromatic carbocycles. The third-order valence-electron chi connectivity index (χ3n) is 2.24. The van der Waals surface area contributed by atoms with E-state index in [4.69, 9.17) is 16.4 Å². The molecular weight excluding hydrogens is 208 g/mol. The standard InChI is InChI=1S/C10H16N4O2/c1-7-8(5-4-6-9(7)16-3)14(12)10(15)13(2)11/h4-6H,11-12H2,1-3H3. The summed E-state index contributed by atoms with van der Waals surface area (Å²) in [4.78, 5) is 11.6. The molecular formula is C10H16N4O2. The molecule has 4 N–H and O–H groups in total. The van der Waals surface area contributed by atoms with Gasteiger partial charge in [-0.3, -0.25) is 5.01 Å². The number of benzene rings is 1. The van der Waals surface area contributed by atoms with Crippen LogP contribution in [0.15, 0.2) is 18.2 Å². The van der Waals surface area contributed by atoms with Crippen molar-refractivity contribution in [1.29, 1.82) is 0 Å². The van der Waals surface area contributed by atoms with Gasteiger partial charge in [0.1, 0.15) is 5.75 Å². The van der Waals surface area contributed by atoms with Crippen molar-refractivity contribution >= 4 is 11.7 Å². The monoisotopic (exact) mass is 224 g/mol. The number of methoxy groups -OCH3 is 1. The van der Waals surface area contributed by atoms with Gasteiger partial charge < -0.3 is 4.74 Å². The Hall–Kier alpha value is -1.79. The molecule has 0 fully saturated rings. The second-order valence-electron chi connectivity index (χ2n) is 3.37. The molecule has 0 bridgehead atoms. The normalized spacial score (nSPS) is 9.81. The van der Waals surface area contributed by atoms with Gasteiger partial charge in [-0.05, 0) is 19.1 Å². The number of nitrogens with zero attached hydrogens (tertiary/aromatic N) is 2. The van der Waals surface area contributed by atoms with Crippen molar-refractivity contribution in [2.75, 3.05) is 19.2 Å². The molecule has 0 heterocycles. The first-order valence-corrected chi connectivity index (χ1v) is 4.69. The zero-order valence-electron chi connectivity index (χ0n) is 9.60. The average Bonchev–Trinajstić information content (AvgIpc) is 2.27. The predicted molar refractivity (Wildman–Crippen MR) is 61.7 cm³/mol. The van der Waals surface area contributed by atoms with Gasteiger partial charge in [-0.15, -0.1) is 0 Å². The van der Waals surface area contributed by atoms with E-state index in [0.29, 0.717) is 11.4 Å². The molecule has 0 aromatic heterocycles. The third kappa shape index (κ3) is 2.23.